The molecular formula is C21H18ClF2N5O4S. The third-order valence-electron chi connectivity index (χ3n) is 4.99. The fourth-order valence-corrected chi connectivity index (χ4v) is 4.30. The Hall–Kier alpha value is -3.38. The zero-order valence-corrected chi connectivity index (χ0v) is 19.3. The summed E-state index contributed by atoms with van der Waals surface area (Å²) in [5, 5.41) is 9.64. The molecule has 4 rings (SSSR count). The van der Waals surface area contributed by atoms with Crippen molar-refractivity contribution in [3.8, 4) is 11.4 Å². The molecule has 1 aliphatic heterocycles. The van der Waals surface area contributed by atoms with E-state index in [0.29, 0.717) is 17.5 Å². The maximum atomic E-state index is 14.5. The largest absolute Gasteiger partial charge is 0.321 e. The Labute approximate surface area is 198 Å². The van der Waals surface area contributed by atoms with Gasteiger partial charge in [0.15, 0.2) is 15.5 Å². The van der Waals surface area contributed by atoms with Crippen LogP contribution in [0.4, 0.5) is 20.2 Å². The van der Waals surface area contributed by atoms with Crippen molar-refractivity contribution < 1.29 is 26.8 Å². The molecule has 3 heterocycles. The highest BCUT2D eigenvalue weighted by molar-refractivity contribution is 7.91. The van der Waals surface area contributed by atoms with Crippen LogP contribution in [0.5, 0.6) is 0 Å². The molecule has 0 atom stereocenters. The van der Waals surface area contributed by atoms with Crippen molar-refractivity contribution >= 4 is 44.6 Å². The number of rotatable bonds is 4. The highest BCUT2D eigenvalue weighted by atomic mass is 35.5. The molecule has 1 aliphatic rings. The number of nitrogens with zero attached hydrogens (tertiary/aromatic N) is 3. The number of hydrogen-bond donors (Lipinski definition) is 2. The lowest BCUT2D eigenvalue weighted by atomic mass is 10.1. The molecule has 0 radical (unpaired) electrons. The van der Waals surface area contributed by atoms with Crippen LogP contribution in [0.25, 0.3) is 11.4 Å². The van der Waals surface area contributed by atoms with Crippen molar-refractivity contribution in [2.45, 2.75) is 19.4 Å². The fraction of sp³-hybridized carbons (Fsp3) is 0.238. The van der Waals surface area contributed by atoms with Gasteiger partial charge in [-0.3, -0.25) is 19.3 Å². The second kappa shape index (κ2) is 9.11. The second-order valence-corrected chi connectivity index (χ2v) is 10.3. The summed E-state index contributed by atoms with van der Waals surface area (Å²) in [6.07, 6.45) is 2.85. The lowest BCUT2D eigenvalue weighted by Crippen LogP contribution is -2.25. The molecule has 0 fully saturated rings. The highest BCUT2D eigenvalue weighted by Crippen LogP contribution is 2.33. The van der Waals surface area contributed by atoms with E-state index in [0.717, 1.165) is 12.3 Å². The summed E-state index contributed by atoms with van der Waals surface area (Å²) < 4.78 is 52.7. The molecule has 0 saturated heterocycles. The number of amides is 2. The molecule has 9 nitrogen and oxygen atoms in total. The van der Waals surface area contributed by atoms with Crippen LogP contribution in [0, 0.1) is 11.6 Å². The molecule has 34 heavy (non-hydrogen) atoms. The molecule has 2 aromatic heterocycles. The molecule has 1 aromatic carbocycles. The lowest BCUT2D eigenvalue weighted by Gasteiger charge is -2.12. The fourth-order valence-electron chi connectivity index (χ4n) is 3.64. The monoisotopic (exact) mass is 509 g/mol. The van der Waals surface area contributed by atoms with Crippen LogP contribution >= 0.6 is 11.6 Å². The summed E-state index contributed by atoms with van der Waals surface area (Å²) in [6, 6.07) is 4.86. The minimum atomic E-state index is -3.67. The van der Waals surface area contributed by atoms with Gasteiger partial charge < -0.3 is 10.6 Å². The smallest absolute Gasteiger partial charge is 0.276 e. The van der Waals surface area contributed by atoms with Gasteiger partial charge in [0.2, 0.25) is 5.91 Å². The Morgan fingerprint density at radius 2 is 2.06 bits per heavy atom. The Morgan fingerprint density at radius 1 is 1.29 bits per heavy atom. The van der Waals surface area contributed by atoms with Gasteiger partial charge in [0.25, 0.3) is 5.91 Å². The molecule has 0 spiro atoms. The van der Waals surface area contributed by atoms with E-state index in [-0.39, 0.29) is 47.0 Å². The van der Waals surface area contributed by atoms with Gasteiger partial charge >= 0.3 is 0 Å². The summed E-state index contributed by atoms with van der Waals surface area (Å²) in [4.78, 5) is 29.9. The van der Waals surface area contributed by atoms with E-state index >= 15 is 0 Å². The number of hydrogen-bond acceptors (Lipinski definition) is 6. The van der Waals surface area contributed by atoms with Crippen LogP contribution < -0.4 is 10.6 Å². The minimum absolute atomic E-state index is 0.0908. The zero-order valence-electron chi connectivity index (χ0n) is 17.7. The quantitative estimate of drug-likeness (QED) is 0.557. The molecule has 2 N–H and O–H groups in total. The number of nitrogens with one attached hydrogen (secondary N) is 2. The van der Waals surface area contributed by atoms with Crippen LogP contribution in [0.15, 0.2) is 30.5 Å². The highest BCUT2D eigenvalue weighted by Gasteiger charge is 2.29. The van der Waals surface area contributed by atoms with Gasteiger partial charge in [-0.25, -0.2) is 17.2 Å². The van der Waals surface area contributed by atoms with Crippen LogP contribution in [-0.2, 0) is 27.6 Å². The third kappa shape index (κ3) is 5.07. The van der Waals surface area contributed by atoms with E-state index in [1.165, 1.54) is 23.0 Å². The van der Waals surface area contributed by atoms with Gasteiger partial charge in [0, 0.05) is 25.1 Å². The first-order valence-electron chi connectivity index (χ1n) is 10.0. The predicted octanol–water partition coefficient (Wildman–Crippen LogP) is 3.06. The summed E-state index contributed by atoms with van der Waals surface area (Å²) in [7, 11) is -3.67. The zero-order chi connectivity index (χ0) is 24.6. The molecule has 0 bridgehead atoms. The Bertz CT molecular complexity index is 1410. The molecule has 0 unspecified atom stereocenters. The van der Waals surface area contributed by atoms with Crippen molar-refractivity contribution in [1.29, 1.82) is 0 Å². The molecule has 2 amide bonds. The molecule has 3 aromatic rings. The minimum Gasteiger partial charge on any atom is -0.321 e. The lowest BCUT2D eigenvalue weighted by molar-refractivity contribution is -0.113. The van der Waals surface area contributed by atoms with Crippen LogP contribution in [-0.4, -0.2) is 47.0 Å². The average molecular weight is 510 g/mol. The van der Waals surface area contributed by atoms with Crippen molar-refractivity contribution in [1.82, 2.24) is 14.8 Å². The molecular weight excluding hydrogens is 492 g/mol. The van der Waals surface area contributed by atoms with Gasteiger partial charge in [-0.1, -0.05) is 11.6 Å². The van der Waals surface area contributed by atoms with Gasteiger partial charge in [-0.15, -0.1) is 0 Å². The van der Waals surface area contributed by atoms with E-state index < -0.39 is 39.0 Å². The van der Waals surface area contributed by atoms with Gasteiger partial charge in [-0.2, -0.15) is 5.10 Å². The van der Waals surface area contributed by atoms with E-state index in [2.05, 4.69) is 20.7 Å². The standard InChI is InChI=1S/C21H18ClF2N5O4S/c1-34(32,33)10-16(30)26-19-18(15-5-4-12(22)9-25-15)28-29-6-2-3-11-7-13(23)8-14(24)17(11)27-21(31)20(19)29/h4-5,7-9H,2-3,6,10H2,1H3,(H,26,30)(H,27,31). The first-order chi connectivity index (χ1) is 16.0. The number of carbonyl (C=O) groups is 2. The number of sulfone groups is 1. The molecule has 178 valence electrons. The van der Waals surface area contributed by atoms with Crippen LogP contribution in [0.1, 0.15) is 22.5 Å². The number of pyridine rings is 1. The van der Waals surface area contributed by atoms with E-state index in [4.69, 9.17) is 11.6 Å². The van der Waals surface area contributed by atoms with E-state index in [1.807, 2.05) is 0 Å². The van der Waals surface area contributed by atoms with Crippen molar-refractivity contribution in [3.05, 3.63) is 58.4 Å². The second-order valence-electron chi connectivity index (χ2n) is 7.75. The predicted molar refractivity (Wildman–Crippen MR) is 121 cm³/mol. The number of aryl methyl sites for hydroxylation is 2. The first-order valence-corrected chi connectivity index (χ1v) is 12.5. The summed E-state index contributed by atoms with van der Waals surface area (Å²) in [5.74, 6) is -4.26. The topological polar surface area (TPSA) is 123 Å². The maximum absolute atomic E-state index is 14.5. The molecule has 0 aliphatic carbocycles. The number of aromatic nitrogens is 3. The maximum Gasteiger partial charge on any atom is 0.276 e. The molecule has 13 heteroatoms. The van der Waals surface area contributed by atoms with Gasteiger partial charge in [0.05, 0.1) is 16.4 Å². The van der Waals surface area contributed by atoms with Crippen molar-refractivity contribution in [2.24, 2.45) is 0 Å². The SMILES string of the molecule is CS(=O)(=O)CC(=O)Nc1c(-c2ccc(Cl)cn2)nn2c1C(=O)Nc1c(F)cc(F)cc1CCC2. The number of halogens is 3. The van der Waals surface area contributed by atoms with E-state index in [1.54, 1.807) is 0 Å². The summed E-state index contributed by atoms with van der Waals surface area (Å²) in [6.45, 7) is 0.170. The number of fused-ring (bicyclic) bond motifs is 2. The number of benzene rings is 1. The summed E-state index contributed by atoms with van der Waals surface area (Å²) >= 11 is 5.90. The van der Waals surface area contributed by atoms with E-state index in [9.17, 15) is 26.8 Å². The Kier molecular flexibility index (Phi) is 6.36. The average Bonchev–Trinajstić information content (AvgIpc) is 3.09. The Morgan fingerprint density at radius 3 is 2.74 bits per heavy atom. The first kappa shape index (κ1) is 23.8. The van der Waals surface area contributed by atoms with Crippen LogP contribution in [0.2, 0.25) is 5.02 Å². The third-order valence-corrected chi connectivity index (χ3v) is 6.00. The summed E-state index contributed by atoms with van der Waals surface area (Å²) in [5.41, 5.74) is 0.234. The number of carbonyl (C=O) groups excluding carboxylic acids is 2. The number of anilines is 2. The van der Waals surface area contributed by atoms with Gasteiger partial charge in [-0.05, 0) is 36.6 Å². The van der Waals surface area contributed by atoms with Gasteiger partial charge in [0.1, 0.15) is 28.8 Å². The van der Waals surface area contributed by atoms with Crippen molar-refractivity contribution in [2.75, 3.05) is 22.6 Å². The Balaban J connectivity index is 1.84. The normalized spacial score (nSPS) is 13.7. The van der Waals surface area contributed by atoms with Crippen LogP contribution in [0.3, 0.4) is 0 Å². The van der Waals surface area contributed by atoms with Crippen molar-refractivity contribution in [3.63, 3.8) is 0 Å². The molecule has 0 saturated carbocycles.